The molecule has 3 rings (SSSR count). The van der Waals surface area contributed by atoms with Gasteiger partial charge in [0.05, 0.1) is 5.69 Å². The first-order valence-corrected chi connectivity index (χ1v) is 24.9. The molecule has 0 atom stereocenters. The molecule has 0 aliphatic heterocycles. The Morgan fingerprint density at radius 1 is 0.559 bits per heavy atom. The molecular weight excluding hydrogens is 752 g/mol. The number of nitrogens with zero attached hydrogens (tertiary/aromatic N) is 3. The zero-order valence-electron chi connectivity index (χ0n) is 38.4. The van der Waals surface area contributed by atoms with Crippen LogP contribution in [-0.2, 0) is 15.0 Å². The highest BCUT2D eigenvalue weighted by Gasteiger charge is 2.24. The zero-order chi connectivity index (χ0) is 42.6. The predicted molar refractivity (Wildman–Crippen MR) is 253 cm³/mol. The molecule has 3 aromatic rings. The second-order valence-corrected chi connectivity index (χ2v) is 18.9. The number of nitrogens with one attached hydrogen (secondary N) is 3. The molecule has 0 spiro atoms. The van der Waals surface area contributed by atoms with E-state index in [9.17, 15) is 9.59 Å². The lowest BCUT2D eigenvalue weighted by atomic mass is 9.92. The summed E-state index contributed by atoms with van der Waals surface area (Å²) in [7, 11) is 0. The van der Waals surface area contributed by atoms with Crippen LogP contribution in [0.25, 0.3) is 17.0 Å². The molecule has 0 radical (unpaired) electrons. The Kier molecular flexibility index (Phi) is 25.8. The van der Waals surface area contributed by atoms with Crippen molar-refractivity contribution in [1.82, 2.24) is 19.8 Å². The summed E-state index contributed by atoms with van der Waals surface area (Å²) in [6, 6.07) is 5.59. The third-order valence-corrected chi connectivity index (χ3v) is 12.1. The molecule has 9 heteroatoms. The number of rotatable bonds is 35. The molecule has 0 saturated carbocycles. The fourth-order valence-corrected chi connectivity index (χ4v) is 8.53. The molecule has 2 amide bonds. The lowest BCUT2D eigenvalue weighted by Crippen LogP contribution is -2.14. The molecule has 334 valence electrons. The van der Waals surface area contributed by atoms with E-state index in [-0.39, 0.29) is 17.2 Å². The van der Waals surface area contributed by atoms with Gasteiger partial charge in [0.25, 0.3) is 0 Å². The topological polar surface area (TPSA) is 104 Å². The summed E-state index contributed by atoms with van der Waals surface area (Å²) < 4.78 is 1.61. The van der Waals surface area contributed by atoms with Crippen LogP contribution >= 0.6 is 11.6 Å². The van der Waals surface area contributed by atoms with E-state index < -0.39 is 0 Å². The van der Waals surface area contributed by atoms with E-state index in [1.165, 1.54) is 167 Å². The highest BCUT2D eigenvalue weighted by atomic mass is 35.5. The Bertz CT molecular complexity index is 1510. The van der Waals surface area contributed by atoms with Gasteiger partial charge >= 0.3 is 0 Å². The second kappa shape index (κ2) is 30.2. The summed E-state index contributed by atoms with van der Waals surface area (Å²) in [5, 5.41) is 14.7. The summed E-state index contributed by atoms with van der Waals surface area (Å²) >= 11 is 6.75. The van der Waals surface area contributed by atoms with Gasteiger partial charge in [-0.05, 0) is 31.0 Å². The second-order valence-electron chi connectivity index (χ2n) is 18.5. The molecule has 8 nitrogen and oxygen atoms in total. The van der Waals surface area contributed by atoms with Gasteiger partial charge in [-0.2, -0.15) is 4.63 Å². The van der Waals surface area contributed by atoms with Crippen molar-refractivity contribution in [1.29, 1.82) is 0 Å². The van der Waals surface area contributed by atoms with Crippen LogP contribution < -0.4 is 10.6 Å². The minimum absolute atomic E-state index is 0.0188. The van der Waals surface area contributed by atoms with Gasteiger partial charge in [0, 0.05) is 35.2 Å². The molecule has 3 N–H and O–H groups in total. The van der Waals surface area contributed by atoms with Crippen molar-refractivity contribution in [3.63, 3.8) is 0 Å². The highest BCUT2D eigenvalue weighted by Crippen LogP contribution is 2.33. The standard InChI is InChI=1S/C50H85ClN6O2/c1-6-8-10-12-14-16-18-20-22-24-26-28-30-32-34-36-44(58)52-42-38-41(48-54-49-46(51)47(50(3,4)5)55-57(49)56-48)39-43(40-42)53-45(59)37-35-33-31-29-27-25-23-21-19-17-15-13-11-9-7-2/h38-40,55H,6-37H2,1-5H3,(H,52,58)(H,53,59). The van der Waals surface area contributed by atoms with Crippen molar-refractivity contribution in [2.75, 3.05) is 10.6 Å². The predicted octanol–water partition coefficient (Wildman–Crippen LogP) is 16.1. The van der Waals surface area contributed by atoms with Crippen molar-refractivity contribution < 1.29 is 9.59 Å². The number of aromatic amines is 1. The number of anilines is 2. The molecule has 0 saturated heterocycles. The minimum atomic E-state index is -0.194. The van der Waals surface area contributed by atoms with Gasteiger partial charge in [0.15, 0.2) is 11.5 Å². The summed E-state index contributed by atoms with van der Waals surface area (Å²) in [5.41, 5.74) is 3.16. The zero-order valence-corrected chi connectivity index (χ0v) is 39.2. The maximum absolute atomic E-state index is 13.1. The van der Waals surface area contributed by atoms with E-state index in [1.54, 1.807) is 4.63 Å². The fraction of sp³-hybridized carbons (Fsp3) is 0.760. The first-order chi connectivity index (χ1) is 28.6. The van der Waals surface area contributed by atoms with Crippen molar-refractivity contribution in [3.05, 3.63) is 28.9 Å². The number of unbranched alkanes of at least 4 members (excludes halogenated alkanes) is 28. The van der Waals surface area contributed by atoms with Crippen LogP contribution in [0, 0.1) is 0 Å². The number of aromatic nitrogens is 4. The third-order valence-electron chi connectivity index (χ3n) is 11.8. The summed E-state index contributed by atoms with van der Waals surface area (Å²) in [6.45, 7) is 10.8. The van der Waals surface area contributed by atoms with Crippen LogP contribution in [0.2, 0.25) is 5.02 Å². The van der Waals surface area contributed by atoms with Gasteiger partial charge in [0.1, 0.15) is 5.02 Å². The van der Waals surface area contributed by atoms with E-state index in [4.69, 9.17) is 21.7 Å². The number of amides is 2. The highest BCUT2D eigenvalue weighted by molar-refractivity contribution is 6.34. The summed E-state index contributed by atoms with van der Waals surface area (Å²) in [4.78, 5) is 31.0. The van der Waals surface area contributed by atoms with E-state index in [0.717, 1.165) is 31.4 Å². The molecule has 0 aliphatic rings. The van der Waals surface area contributed by atoms with E-state index in [0.29, 0.717) is 46.3 Å². The van der Waals surface area contributed by atoms with Crippen LogP contribution in [0.5, 0.6) is 0 Å². The Labute approximate surface area is 365 Å². The maximum Gasteiger partial charge on any atom is 0.224 e. The van der Waals surface area contributed by atoms with Crippen LogP contribution in [0.1, 0.15) is 246 Å². The van der Waals surface area contributed by atoms with Crippen molar-refractivity contribution in [3.8, 4) is 11.4 Å². The van der Waals surface area contributed by atoms with Crippen LogP contribution in [0.15, 0.2) is 18.2 Å². The molecule has 0 bridgehead atoms. The largest absolute Gasteiger partial charge is 0.326 e. The van der Waals surface area contributed by atoms with Gasteiger partial charge in [-0.25, -0.2) is 4.98 Å². The van der Waals surface area contributed by atoms with E-state index in [2.05, 4.69) is 50.4 Å². The van der Waals surface area contributed by atoms with Gasteiger partial charge in [-0.3, -0.25) is 14.7 Å². The molecule has 0 aliphatic carbocycles. The SMILES string of the molecule is CCCCCCCCCCCCCCCCCC(=O)Nc1cc(NC(=O)CCCCCCCCCCCCCCCCC)cc(-c2nc3c(Cl)c(C(C)(C)C)[nH]n3n2)c1. The van der Waals surface area contributed by atoms with Gasteiger partial charge in [-0.1, -0.05) is 226 Å². The van der Waals surface area contributed by atoms with Gasteiger partial charge < -0.3 is 10.6 Å². The number of carbonyl (C=O) groups excluding carboxylic acids is 2. The maximum atomic E-state index is 13.1. The number of halogens is 1. The number of carbonyl (C=O) groups is 2. The summed E-state index contributed by atoms with van der Waals surface area (Å²) in [6.07, 6.45) is 39.8. The molecule has 59 heavy (non-hydrogen) atoms. The fourth-order valence-electron chi connectivity index (χ4n) is 8.08. The third kappa shape index (κ3) is 21.5. The van der Waals surface area contributed by atoms with Crippen molar-refractivity contribution in [2.45, 2.75) is 245 Å². The van der Waals surface area contributed by atoms with Crippen LogP contribution in [0.3, 0.4) is 0 Å². The van der Waals surface area contributed by atoms with E-state index in [1.807, 2.05) is 18.2 Å². The molecule has 0 unspecified atom stereocenters. The average Bonchev–Trinajstić information content (AvgIpc) is 3.77. The number of hydrogen-bond donors (Lipinski definition) is 3. The first kappa shape index (κ1) is 50.5. The lowest BCUT2D eigenvalue weighted by Gasteiger charge is -2.16. The molecular formula is C50H85ClN6O2. The van der Waals surface area contributed by atoms with Gasteiger partial charge in [0.2, 0.25) is 11.8 Å². The molecule has 2 heterocycles. The Balaban J connectivity index is 1.42. The average molecular weight is 838 g/mol. The lowest BCUT2D eigenvalue weighted by molar-refractivity contribution is -0.117. The minimum Gasteiger partial charge on any atom is -0.326 e. The van der Waals surface area contributed by atoms with Crippen molar-refractivity contribution >= 4 is 40.4 Å². The first-order valence-electron chi connectivity index (χ1n) is 24.5. The number of hydrogen-bond acceptors (Lipinski definition) is 4. The number of benzene rings is 1. The molecule has 0 fully saturated rings. The quantitative estimate of drug-likeness (QED) is 0.0513. The van der Waals surface area contributed by atoms with Crippen LogP contribution in [0.4, 0.5) is 11.4 Å². The van der Waals surface area contributed by atoms with Crippen LogP contribution in [-0.4, -0.2) is 31.6 Å². The number of H-pyrrole nitrogens is 1. The Morgan fingerprint density at radius 3 is 1.22 bits per heavy atom. The summed E-state index contributed by atoms with van der Waals surface area (Å²) in [5.74, 6) is 0.430. The normalized spacial score (nSPS) is 11.8. The van der Waals surface area contributed by atoms with Crippen molar-refractivity contribution in [2.24, 2.45) is 0 Å². The smallest absolute Gasteiger partial charge is 0.224 e. The van der Waals surface area contributed by atoms with Gasteiger partial charge in [-0.15, -0.1) is 5.10 Å². The molecule has 2 aromatic heterocycles. The van der Waals surface area contributed by atoms with E-state index >= 15 is 0 Å². The Hall–Kier alpha value is -2.87. The number of fused-ring (bicyclic) bond motifs is 1. The molecule has 1 aromatic carbocycles. The monoisotopic (exact) mass is 837 g/mol. The Morgan fingerprint density at radius 2 is 0.898 bits per heavy atom.